The molecule has 242 valence electrons. The zero-order valence-electron chi connectivity index (χ0n) is 28.7. The molecule has 2 heteroatoms. The highest BCUT2D eigenvalue weighted by atomic mass is 15.1. The number of rotatable bonds is 5. The molecule has 0 radical (unpaired) electrons. The van der Waals surface area contributed by atoms with Crippen molar-refractivity contribution < 1.29 is 0 Å². The monoisotopic (exact) mass is 652 g/mol. The highest BCUT2D eigenvalue weighted by molar-refractivity contribution is 6.09. The molecule has 1 aliphatic rings. The molecule has 0 N–H and O–H groups in total. The van der Waals surface area contributed by atoms with Crippen LogP contribution in [0.4, 0.5) is 17.1 Å². The number of hydrogen-bond acceptors (Lipinski definition) is 1. The SMILES string of the molecule is CC1(C)c2ccccc2-c2cc(N(c3cccc(-n4c5ccccc5c5ccccc54)c3)c3cccc4ccccc34)cc(-c3ccccc3)c21. The van der Waals surface area contributed by atoms with Gasteiger partial charge in [0.05, 0.1) is 16.7 Å². The lowest BCUT2D eigenvalue weighted by Gasteiger charge is -2.30. The molecule has 0 aliphatic heterocycles. The quantitative estimate of drug-likeness (QED) is 0.180. The molecule has 10 rings (SSSR count). The number of fused-ring (bicyclic) bond motifs is 7. The zero-order valence-corrected chi connectivity index (χ0v) is 28.7. The Morgan fingerprint density at radius 2 is 1.06 bits per heavy atom. The molecule has 0 bridgehead atoms. The Kier molecular flexibility index (Phi) is 6.56. The van der Waals surface area contributed by atoms with Gasteiger partial charge in [-0.3, -0.25) is 0 Å². The van der Waals surface area contributed by atoms with E-state index in [9.17, 15) is 0 Å². The summed E-state index contributed by atoms with van der Waals surface area (Å²) in [5.41, 5.74) is 14.7. The first-order valence-corrected chi connectivity index (χ1v) is 17.8. The third kappa shape index (κ3) is 4.50. The lowest BCUT2D eigenvalue weighted by Crippen LogP contribution is -2.17. The number of benzene rings is 8. The number of hydrogen-bond donors (Lipinski definition) is 0. The Hall–Kier alpha value is -6.38. The number of nitrogens with zero attached hydrogens (tertiary/aromatic N) is 2. The van der Waals surface area contributed by atoms with Crippen molar-refractivity contribution in [3.63, 3.8) is 0 Å². The van der Waals surface area contributed by atoms with Gasteiger partial charge in [0.25, 0.3) is 0 Å². The molecule has 8 aromatic carbocycles. The van der Waals surface area contributed by atoms with Gasteiger partial charge in [-0.05, 0) is 87.3 Å². The second-order valence-corrected chi connectivity index (χ2v) is 14.2. The second-order valence-electron chi connectivity index (χ2n) is 14.2. The van der Waals surface area contributed by atoms with E-state index in [0.717, 1.165) is 22.7 Å². The van der Waals surface area contributed by atoms with E-state index in [1.807, 2.05) is 0 Å². The highest BCUT2D eigenvalue weighted by Crippen LogP contribution is 2.54. The fraction of sp³-hybridized carbons (Fsp3) is 0.0612. The van der Waals surface area contributed by atoms with Crippen LogP contribution in [0.3, 0.4) is 0 Å². The molecule has 0 fully saturated rings. The number of anilines is 3. The van der Waals surface area contributed by atoms with Crippen LogP contribution in [-0.4, -0.2) is 4.57 Å². The van der Waals surface area contributed by atoms with Gasteiger partial charge in [-0.1, -0.05) is 147 Å². The molecule has 2 nitrogen and oxygen atoms in total. The molecule has 0 spiro atoms. The van der Waals surface area contributed by atoms with E-state index in [4.69, 9.17) is 0 Å². The van der Waals surface area contributed by atoms with Crippen LogP contribution in [0.25, 0.3) is 60.5 Å². The van der Waals surface area contributed by atoms with Crippen LogP contribution in [0, 0.1) is 0 Å². The summed E-state index contributed by atoms with van der Waals surface area (Å²) in [5.74, 6) is 0. The van der Waals surface area contributed by atoms with Crippen LogP contribution < -0.4 is 4.90 Å². The van der Waals surface area contributed by atoms with Crippen LogP contribution in [0.1, 0.15) is 25.0 Å². The molecule has 0 unspecified atom stereocenters. The molecule has 1 aliphatic carbocycles. The molecule has 9 aromatic rings. The lowest BCUT2D eigenvalue weighted by molar-refractivity contribution is 0.662. The number of para-hydroxylation sites is 2. The van der Waals surface area contributed by atoms with Gasteiger partial charge < -0.3 is 9.47 Å². The first kappa shape index (κ1) is 29.5. The first-order chi connectivity index (χ1) is 25.1. The van der Waals surface area contributed by atoms with Crippen LogP contribution in [0.15, 0.2) is 182 Å². The number of aromatic nitrogens is 1. The van der Waals surface area contributed by atoms with Crippen LogP contribution in [0.2, 0.25) is 0 Å². The van der Waals surface area contributed by atoms with Crippen molar-refractivity contribution in [3.05, 3.63) is 193 Å². The van der Waals surface area contributed by atoms with E-state index in [2.05, 4.69) is 205 Å². The van der Waals surface area contributed by atoms with Crippen LogP contribution >= 0.6 is 0 Å². The van der Waals surface area contributed by atoms with Crippen molar-refractivity contribution >= 4 is 49.6 Å². The molecular weight excluding hydrogens is 617 g/mol. The van der Waals surface area contributed by atoms with Crippen molar-refractivity contribution in [2.24, 2.45) is 0 Å². The predicted octanol–water partition coefficient (Wildman–Crippen LogP) is 13.4. The van der Waals surface area contributed by atoms with E-state index in [1.165, 1.54) is 66.0 Å². The van der Waals surface area contributed by atoms with Gasteiger partial charge in [-0.25, -0.2) is 0 Å². The fourth-order valence-corrected chi connectivity index (χ4v) is 8.69. The van der Waals surface area contributed by atoms with E-state index >= 15 is 0 Å². The fourth-order valence-electron chi connectivity index (χ4n) is 8.69. The molecule has 0 saturated carbocycles. The maximum atomic E-state index is 2.47. The van der Waals surface area contributed by atoms with E-state index < -0.39 is 0 Å². The minimum Gasteiger partial charge on any atom is -0.310 e. The van der Waals surface area contributed by atoms with Crippen LogP contribution in [0.5, 0.6) is 0 Å². The smallest absolute Gasteiger partial charge is 0.0541 e. The summed E-state index contributed by atoms with van der Waals surface area (Å²) in [6.45, 7) is 4.75. The summed E-state index contributed by atoms with van der Waals surface area (Å²) < 4.78 is 2.41. The largest absolute Gasteiger partial charge is 0.310 e. The summed E-state index contributed by atoms with van der Waals surface area (Å²) in [6, 6.07) is 66.7. The van der Waals surface area contributed by atoms with Crippen LogP contribution in [-0.2, 0) is 5.41 Å². The minimum atomic E-state index is -0.143. The van der Waals surface area contributed by atoms with Gasteiger partial charge in [0.2, 0.25) is 0 Å². The minimum absolute atomic E-state index is 0.143. The van der Waals surface area contributed by atoms with Crippen molar-refractivity contribution in [1.82, 2.24) is 4.57 Å². The summed E-state index contributed by atoms with van der Waals surface area (Å²) in [5, 5.41) is 4.95. The average molecular weight is 653 g/mol. The van der Waals surface area contributed by atoms with Gasteiger partial charge in [0.15, 0.2) is 0 Å². The van der Waals surface area contributed by atoms with Crippen molar-refractivity contribution in [2.75, 3.05) is 4.90 Å². The third-order valence-corrected chi connectivity index (χ3v) is 10.9. The van der Waals surface area contributed by atoms with Gasteiger partial charge in [0, 0.05) is 38.6 Å². The standard InChI is InChI=1S/C49H36N2/c1-49(2)44-26-11-8-23-39(44)43-32-37(31-42(48(43)49)34-16-4-3-5-17-34)50(45-29-14-19-33-18-6-7-22-38(33)45)35-20-15-21-36(30-35)51-46-27-12-9-24-40(46)41-25-10-13-28-47(41)51/h3-32H,1-2H3. The van der Waals surface area contributed by atoms with Crippen molar-refractivity contribution in [2.45, 2.75) is 19.3 Å². The van der Waals surface area contributed by atoms with Gasteiger partial charge in [-0.15, -0.1) is 0 Å². The maximum absolute atomic E-state index is 2.47. The van der Waals surface area contributed by atoms with E-state index in [-0.39, 0.29) is 5.41 Å². The topological polar surface area (TPSA) is 8.17 Å². The molecule has 0 atom stereocenters. The second kappa shape index (κ2) is 11.3. The molecule has 0 saturated heterocycles. The summed E-state index contributed by atoms with van der Waals surface area (Å²) in [4.78, 5) is 2.47. The molecule has 1 aromatic heterocycles. The molecular formula is C49H36N2. The average Bonchev–Trinajstić information content (AvgIpc) is 3.64. The van der Waals surface area contributed by atoms with Gasteiger partial charge >= 0.3 is 0 Å². The Balaban J connectivity index is 1.28. The summed E-state index contributed by atoms with van der Waals surface area (Å²) in [7, 11) is 0. The Morgan fingerprint density at radius 3 is 1.84 bits per heavy atom. The molecule has 0 amide bonds. The first-order valence-electron chi connectivity index (χ1n) is 17.8. The Morgan fingerprint density at radius 1 is 0.451 bits per heavy atom. The summed E-state index contributed by atoms with van der Waals surface area (Å²) >= 11 is 0. The van der Waals surface area contributed by atoms with Crippen molar-refractivity contribution in [1.29, 1.82) is 0 Å². The van der Waals surface area contributed by atoms with Gasteiger partial charge in [-0.2, -0.15) is 0 Å². The molecule has 51 heavy (non-hydrogen) atoms. The van der Waals surface area contributed by atoms with E-state index in [1.54, 1.807) is 0 Å². The Labute approximate surface area is 298 Å². The van der Waals surface area contributed by atoms with E-state index in [0.29, 0.717) is 0 Å². The van der Waals surface area contributed by atoms with Crippen molar-refractivity contribution in [3.8, 4) is 27.9 Å². The third-order valence-electron chi connectivity index (χ3n) is 10.9. The molecule has 1 heterocycles. The maximum Gasteiger partial charge on any atom is 0.0541 e. The Bertz CT molecular complexity index is 2730. The van der Waals surface area contributed by atoms with Gasteiger partial charge in [0.1, 0.15) is 0 Å². The summed E-state index contributed by atoms with van der Waals surface area (Å²) in [6.07, 6.45) is 0. The normalized spacial score (nSPS) is 13.1. The highest BCUT2D eigenvalue weighted by Gasteiger charge is 2.38. The predicted molar refractivity (Wildman–Crippen MR) is 216 cm³/mol. The lowest BCUT2D eigenvalue weighted by atomic mass is 9.78. The zero-order chi connectivity index (χ0) is 34.1.